The first-order chi connectivity index (χ1) is 6.86. The van der Waals surface area contributed by atoms with Crippen molar-refractivity contribution in [3.8, 4) is 5.75 Å². The Morgan fingerprint density at radius 1 is 1.25 bits per heavy atom. The van der Waals surface area contributed by atoms with Gasteiger partial charge in [0.05, 0.1) is 0 Å². The summed E-state index contributed by atoms with van der Waals surface area (Å²) in [5, 5.41) is 18.4. The fourth-order valence-corrected chi connectivity index (χ4v) is 1.51. The van der Waals surface area contributed by atoms with E-state index in [-0.39, 0.29) is 30.1 Å². The lowest BCUT2D eigenvalue weighted by Gasteiger charge is -2.21. The number of nitrogens with one attached hydrogen (secondary N) is 1. The summed E-state index contributed by atoms with van der Waals surface area (Å²) in [4.78, 5) is 0. The molecule has 0 bridgehead atoms. The zero-order chi connectivity index (χ0) is 11.6. The molecular weight excluding hydrogens is 226 g/mol. The van der Waals surface area contributed by atoms with Crippen LogP contribution in [0.2, 0.25) is 0 Å². The molecule has 0 unspecified atom stereocenters. The molecule has 0 atom stereocenters. The van der Waals surface area contributed by atoms with Crippen molar-refractivity contribution in [1.82, 2.24) is 5.48 Å². The van der Waals surface area contributed by atoms with Crippen molar-refractivity contribution in [2.24, 2.45) is 0 Å². The second-order valence-corrected chi connectivity index (χ2v) is 4.89. The third-order valence-electron chi connectivity index (χ3n) is 2.51. The molecule has 1 rings (SSSR count). The number of aromatic hydroxyl groups is 1. The molecule has 0 aliphatic rings. The number of aryl methyl sites for hydroxylation is 1. The van der Waals surface area contributed by atoms with Crippen LogP contribution < -0.4 is 5.48 Å². The van der Waals surface area contributed by atoms with Crippen LogP contribution in [0.25, 0.3) is 0 Å². The Balaban J connectivity index is 0.00000225. The third kappa shape index (κ3) is 3.37. The maximum atomic E-state index is 9.77. The first kappa shape index (κ1) is 15.2. The number of hydroxylamine groups is 1. The minimum Gasteiger partial charge on any atom is -0.507 e. The number of hydrogen-bond donors (Lipinski definition) is 3. The molecule has 0 spiro atoms. The molecule has 92 valence electrons. The molecule has 4 heteroatoms. The monoisotopic (exact) mass is 245 g/mol. The fourth-order valence-electron chi connectivity index (χ4n) is 1.51. The standard InChI is InChI=1S/C12H19NO2.ClH/c1-8-5-10(12(2,3)4)6-9(7-13-15)11(8)14;/h5-6,13-15H,7H2,1-4H3;1H. The average molecular weight is 246 g/mol. The molecular formula is C12H20ClNO2. The predicted molar refractivity (Wildman–Crippen MR) is 67.4 cm³/mol. The van der Waals surface area contributed by atoms with Gasteiger partial charge in [0.15, 0.2) is 0 Å². The summed E-state index contributed by atoms with van der Waals surface area (Å²) in [6.07, 6.45) is 0. The van der Waals surface area contributed by atoms with Crippen molar-refractivity contribution < 1.29 is 10.3 Å². The van der Waals surface area contributed by atoms with E-state index in [4.69, 9.17) is 5.21 Å². The molecule has 0 saturated heterocycles. The van der Waals surface area contributed by atoms with E-state index in [1.807, 2.05) is 19.1 Å². The van der Waals surface area contributed by atoms with Crippen molar-refractivity contribution in [3.63, 3.8) is 0 Å². The van der Waals surface area contributed by atoms with Gasteiger partial charge in [0.1, 0.15) is 5.75 Å². The largest absolute Gasteiger partial charge is 0.507 e. The molecule has 0 radical (unpaired) electrons. The molecule has 0 aromatic heterocycles. The Morgan fingerprint density at radius 2 is 1.81 bits per heavy atom. The average Bonchev–Trinajstić information content (AvgIpc) is 2.11. The molecule has 1 aromatic carbocycles. The molecule has 0 fully saturated rings. The Kier molecular flexibility index (Phi) is 5.26. The van der Waals surface area contributed by atoms with E-state index in [9.17, 15) is 5.11 Å². The molecule has 0 aliphatic heterocycles. The molecule has 0 heterocycles. The summed E-state index contributed by atoms with van der Waals surface area (Å²) in [6, 6.07) is 3.90. The van der Waals surface area contributed by atoms with Crippen LogP contribution in [0.5, 0.6) is 5.75 Å². The van der Waals surface area contributed by atoms with Crippen LogP contribution in [0.15, 0.2) is 12.1 Å². The van der Waals surface area contributed by atoms with Crippen molar-refractivity contribution in [1.29, 1.82) is 0 Å². The highest BCUT2D eigenvalue weighted by atomic mass is 35.5. The van der Waals surface area contributed by atoms with Gasteiger partial charge in [0.25, 0.3) is 0 Å². The van der Waals surface area contributed by atoms with E-state index in [1.165, 1.54) is 0 Å². The summed E-state index contributed by atoms with van der Waals surface area (Å²) < 4.78 is 0. The van der Waals surface area contributed by atoms with Gasteiger partial charge >= 0.3 is 0 Å². The van der Waals surface area contributed by atoms with E-state index >= 15 is 0 Å². The maximum absolute atomic E-state index is 9.77. The lowest BCUT2D eigenvalue weighted by Crippen LogP contribution is -2.14. The van der Waals surface area contributed by atoms with E-state index in [0.29, 0.717) is 0 Å². The first-order valence-electron chi connectivity index (χ1n) is 5.06. The van der Waals surface area contributed by atoms with Gasteiger partial charge in [0, 0.05) is 12.1 Å². The zero-order valence-electron chi connectivity index (χ0n) is 10.2. The molecule has 0 aliphatic carbocycles. The van der Waals surface area contributed by atoms with Crippen LogP contribution in [0.3, 0.4) is 0 Å². The number of hydrogen-bond acceptors (Lipinski definition) is 3. The van der Waals surface area contributed by atoms with Gasteiger partial charge < -0.3 is 10.3 Å². The Bertz CT molecular complexity index is 359. The minimum absolute atomic E-state index is 0. The highest BCUT2D eigenvalue weighted by molar-refractivity contribution is 5.85. The van der Waals surface area contributed by atoms with E-state index in [2.05, 4.69) is 26.3 Å². The molecule has 0 amide bonds. The van der Waals surface area contributed by atoms with E-state index in [1.54, 1.807) is 0 Å². The van der Waals surface area contributed by atoms with Crippen molar-refractivity contribution >= 4 is 12.4 Å². The van der Waals surface area contributed by atoms with Gasteiger partial charge in [-0.2, -0.15) is 0 Å². The quantitative estimate of drug-likeness (QED) is 0.703. The fraction of sp³-hybridized carbons (Fsp3) is 0.500. The highest BCUT2D eigenvalue weighted by Gasteiger charge is 2.16. The number of benzene rings is 1. The maximum Gasteiger partial charge on any atom is 0.123 e. The number of phenols is 1. The van der Waals surface area contributed by atoms with E-state index < -0.39 is 0 Å². The second-order valence-electron chi connectivity index (χ2n) is 4.89. The topological polar surface area (TPSA) is 52.5 Å². The first-order valence-corrected chi connectivity index (χ1v) is 5.06. The second kappa shape index (κ2) is 5.53. The molecule has 3 nitrogen and oxygen atoms in total. The lowest BCUT2D eigenvalue weighted by atomic mass is 9.85. The summed E-state index contributed by atoms with van der Waals surface area (Å²) in [5.41, 5.74) is 4.84. The van der Waals surface area contributed by atoms with Crippen LogP contribution in [-0.2, 0) is 12.0 Å². The lowest BCUT2D eigenvalue weighted by molar-refractivity contribution is 0.160. The molecule has 1 aromatic rings. The number of rotatable bonds is 2. The minimum atomic E-state index is 0. The zero-order valence-corrected chi connectivity index (χ0v) is 11.0. The van der Waals surface area contributed by atoms with Crippen LogP contribution in [-0.4, -0.2) is 10.3 Å². The van der Waals surface area contributed by atoms with Gasteiger partial charge in [-0.15, -0.1) is 12.4 Å². The van der Waals surface area contributed by atoms with Crippen molar-refractivity contribution in [2.75, 3.05) is 0 Å². The molecule has 3 N–H and O–H groups in total. The van der Waals surface area contributed by atoms with Crippen LogP contribution in [0.4, 0.5) is 0 Å². The van der Waals surface area contributed by atoms with Gasteiger partial charge in [-0.1, -0.05) is 32.9 Å². The van der Waals surface area contributed by atoms with Crippen molar-refractivity contribution in [2.45, 2.75) is 39.7 Å². The highest BCUT2D eigenvalue weighted by Crippen LogP contribution is 2.30. The normalized spacial score (nSPS) is 11.1. The number of phenolic OH excluding ortho intramolecular Hbond substituents is 1. The number of halogens is 1. The van der Waals surface area contributed by atoms with Gasteiger partial charge in [-0.25, -0.2) is 5.48 Å². The molecule has 16 heavy (non-hydrogen) atoms. The Morgan fingerprint density at radius 3 is 2.25 bits per heavy atom. The smallest absolute Gasteiger partial charge is 0.123 e. The van der Waals surface area contributed by atoms with Crippen molar-refractivity contribution in [3.05, 3.63) is 28.8 Å². The summed E-state index contributed by atoms with van der Waals surface area (Å²) in [5.74, 6) is 0.254. The predicted octanol–water partition coefficient (Wildman–Crippen LogP) is 2.90. The molecule has 0 saturated carbocycles. The van der Waals surface area contributed by atoms with Crippen LogP contribution in [0, 0.1) is 6.92 Å². The Hall–Kier alpha value is -0.770. The van der Waals surface area contributed by atoms with Crippen LogP contribution >= 0.6 is 12.4 Å². The van der Waals surface area contributed by atoms with Gasteiger partial charge in [0.2, 0.25) is 0 Å². The Labute approximate surface area is 103 Å². The summed E-state index contributed by atoms with van der Waals surface area (Å²) >= 11 is 0. The SMILES string of the molecule is Cc1cc(C(C)(C)C)cc(CNO)c1O.Cl. The van der Waals surface area contributed by atoms with Gasteiger partial charge in [-0.3, -0.25) is 0 Å². The third-order valence-corrected chi connectivity index (χ3v) is 2.51. The van der Waals surface area contributed by atoms with Gasteiger partial charge in [-0.05, 0) is 23.5 Å². The van der Waals surface area contributed by atoms with Crippen LogP contribution in [0.1, 0.15) is 37.5 Å². The van der Waals surface area contributed by atoms with E-state index in [0.717, 1.165) is 16.7 Å². The summed E-state index contributed by atoms with van der Waals surface area (Å²) in [6.45, 7) is 8.49. The summed E-state index contributed by atoms with van der Waals surface area (Å²) in [7, 11) is 0.